The highest BCUT2D eigenvalue weighted by atomic mass is 16.7. The maximum Gasteiger partial charge on any atom is 0.495 e. The van der Waals surface area contributed by atoms with Crippen LogP contribution in [0.4, 0.5) is 0 Å². The van der Waals surface area contributed by atoms with Crippen molar-refractivity contribution in [1.82, 2.24) is 0 Å². The van der Waals surface area contributed by atoms with Gasteiger partial charge in [-0.25, -0.2) is 0 Å². The Morgan fingerprint density at radius 2 is 1.38 bits per heavy atom. The van der Waals surface area contributed by atoms with Gasteiger partial charge in [0.15, 0.2) is 0 Å². The Balaban J connectivity index is 1.71. The summed E-state index contributed by atoms with van der Waals surface area (Å²) in [4.78, 5) is 0. The quantitative estimate of drug-likeness (QED) is 0.689. The molecule has 3 heteroatoms. The van der Waals surface area contributed by atoms with E-state index in [9.17, 15) is 0 Å². The molecule has 0 amide bonds. The van der Waals surface area contributed by atoms with Gasteiger partial charge in [-0.15, -0.1) is 0 Å². The maximum atomic E-state index is 6.42. The maximum absolute atomic E-state index is 6.42. The summed E-state index contributed by atoms with van der Waals surface area (Å²) in [5.41, 5.74) is 6.51. The molecule has 2 fully saturated rings. The summed E-state index contributed by atoms with van der Waals surface area (Å²) in [6.45, 7) is 8.51. The first kappa shape index (κ1) is 16.6. The normalized spacial score (nSPS) is 24.1. The van der Waals surface area contributed by atoms with E-state index >= 15 is 0 Å². The Morgan fingerprint density at radius 3 is 2.08 bits per heavy atom. The SMILES string of the molecule is CC1(C)OB(c2cccc3c2-c2ccccc2C32CCCC2)OC1(C)C. The molecular weight excluding hydrogens is 319 g/mol. The second kappa shape index (κ2) is 5.24. The molecule has 3 aliphatic rings. The molecule has 0 radical (unpaired) electrons. The number of fused-ring (bicyclic) bond motifs is 5. The van der Waals surface area contributed by atoms with Crippen molar-refractivity contribution in [1.29, 1.82) is 0 Å². The first-order valence-electron chi connectivity index (χ1n) is 9.95. The summed E-state index contributed by atoms with van der Waals surface area (Å²) < 4.78 is 12.8. The van der Waals surface area contributed by atoms with Crippen molar-refractivity contribution >= 4 is 12.6 Å². The van der Waals surface area contributed by atoms with Crippen LogP contribution in [0.5, 0.6) is 0 Å². The fourth-order valence-electron chi connectivity index (χ4n) is 5.22. The standard InChI is InChI=1S/C23H27BO2/c1-21(2)22(3,4)26-24(25-21)19-13-9-12-18-20(19)16-10-5-6-11-17(16)23(18)14-7-8-15-23/h5-6,9-13H,7-8,14-15H2,1-4H3. The van der Waals surface area contributed by atoms with E-state index in [1.165, 1.54) is 53.4 Å². The average Bonchev–Trinajstić information content (AvgIpc) is 3.25. The van der Waals surface area contributed by atoms with Crippen molar-refractivity contribution in [2.24, 2.45) is 0 Å². The molecule has 1 heterocycles. The third-order valence-corrected chi connectivity index (χ3v) is 7.29. The molecular formula is C23H27BO2. The topological polar surface area (TPSA) is 18.5 Å². The third kappa shape index (κ3) is 2.02. The van der Waals surface area contributed by atoms with Crippen LogP contribution in [-0.2, 0) is 14.7 Å². The summed E-state index contributed by atoms with van der Waals surface area (Å²) in [6, 6.07) is 15.7. The van der Waals surface area contributed by atoms with Crippen molar-refractivity contribution in [2.45, 2.75) is 70.0 Å². The van der Waals surface area contributed by atoms with Crippen molar-refractivity contribution in [3.05, 3.63) is 53.6 Å². The zero-order valence-corrected chi connectivity index (χ0v) is 16.3. The number of benzene rings is 2. The molecule has 2 aliphatic carbocycles. The minimum absolute atomic E-state index is 0.200. The van der Waals surface area contributed by atoms with Gasteiger partial charge in [-0.2, -0.15) is 0 Å². The predicted molar refractivity (Wildman–Crippen MR) is 107 cm³/mol. The van der Waals surface area contributed by atoms with Crippen molar-refractivity contribution < 1.29 is 9.31 Å². The number of hydrogen-bond donors (Lipinski definition) is 0. The van der Waals surface area contributed by atoms with Gasteiger partial charge in [-0.3, -0.25) is 0 Å². The van der Waals surface area contributed by atoms with Gasteiger partial charge in [-0.05, 0) is 68.3 Å². The van der Waals surface area contributed by atoms with Crippen LogP contribution < -0.4 is 5.46 Å². The van der Waals surface area contributed by atoms with E-state index in [0.717, 1.165) is 0 Å². The lowest BCUT2D eigenvalue weighted by molar-refractivity contribution is 0.00578. The van der Waals surface area contributed by atoms with E-state index in [0.29, 0.717) is 0 Å². The molecule has 0 N–H and O–H groups in total. The largest absolute Gasteiger partial charge is 0.495 e. The zero-order chi connectivity index (χ0) is 18.2. The van der Waals surface area contributed by atoms with Crippen LogP contribution in [0, 0.1) is 0 Å². The van der Waals surface area contributed by atoms with Gasteiger partial charge in [-0.1, -0.05) is 55.3 Å². The first-order chi connectivity index (χ1) is 12.4. The molecule has 1 saturated heterocycles. The van der Waals surface area contributed by atoms with Gasteiger partial charge >= 0.3 is 7.12 Å². The van der Waals surface area contributed by atoms with Crippen molar-refractivity contribution in [2.75, 3.05) is 0 Å². The summed E-state index contributed by atoms with van der Waals surface area (Å²) in [5, 5.41) is 0. The molecule has 0 unspecified atom stereocenters. The Hall–Kier alpha value is -1.58. The monoisotopic (exact) mass is 346 g/mol. The average molecular weight is 346 g/mol. The molecule has 2 nitrogen and oxygen atoms in total. The summed E-state index contributed by atoms with van der Waals surface area (Å²) in [7, 11) is -0.306. The Kier molecular flexibility index (Phi) is 3.34. The molecule has 134 valence electrons. The van der Waals surface area contributed by atoms with E-state index in [4.69, 9.17) is 9.31 Å². The fourth-order valence-corrected chi connectivity index (χ4v) is 5.22. The van der Waals surface area contributed by atoms with Gasteiger partial charge in [0.25, 0.3) is 0 Å². The molecule has 0 aromatic heterocycles. The molecule has 2 aromatic carbocycles. The number of hydrogen-bond acceptors (Lipinski definition) is 2. The molecule has 0 atom stereocenters. The molecule has 0 bridgehead atoms. The van der Waals surface area contributed by atoms with E-state index in [1.54, 1.807) is 0 Å². The van der Waals surface area contributed by atoms with Crippen LogP contribution in [0.3, 0.4) is 0 Å². The highest BCUT2D eigenvalue weighted by molar-refractivity contribution is 6.64. The summed E-state index contributed by atoms with van der Waals surface area (Å²) in [5.74, 6) is 0. The van der Waals surface area contributed by atoms with E-state index < -0.39 is 0 Å². The fraction of sp³-hybridized carbons (Fsp3) is 0.478. The van der Waals surface area contributed by atoms with E-state index in [-0.39, 0.29) is 23.7 Å². The van der Waals surface area contributed by atoms with Crippen LogP contribution >= 0.6 is 0 Å². The Labute approximate surface area is 157 Å². The smallest absolute Gasteiger partial charge is 0.399 e. The second-order valence-electron chi connectivity index (χ2n) is 9.19. The van der Waals surface area contributed by atoms with Gasteiger partial charge in [0.2, 0.25) is 0 Å². The van der Waals surface area contributed by atoms with Crippen molar-refractivity contribution in [3.8, 4) is 11.1 Å². The van der Waals surface area contributed by atoms with Crippen LogP contribution in [0.15, 0.2) is 42.5 Å². The number of rotatable bonds is 1. The minimum Gasteiger partial charge on any atom is -0.399 e. The van der Waals surface area contributed by atoms with E-state index in [2.05, 4.69) is 70.2 Å². The zero-order valence-electron chi connectivity index (χ0n) is 16.3. The molecule has 1 saturated carbocycles. The van der Waals surface area contributed by atoms with Gasteiger partial charge in [0.05, 0.1) is 11.2 Å². The highest BCUT2D eigenvalue weighted by Gasteiger charge is 2.54. The highest BCUT2D eigenvalue weighted by Crippen LogP contribution is 2.56. The van der Waals surface area contributed by atoms with Gasteiger partial charge < -0.3 is 9.31 Å². The lowest BCUT2D eigenvalue weighted by Crippen LogP contribution is -2.41. The van der Waals surface area contributed by atoms with Crippen molar-refractivity contribution in [3.63, 3.8) is 0 Å². The van der Waals surface area contributed by atoms with Gasteiger partial charge in [0, 0.05) is 5.41 Å². The minimum atomic E-state index is -0.316. The van der Waals surface area contributed by atoms with Crippen LogP contribution in [0.1, 0.15) is 64.5 Å². The predicted octanol–water partition coefficient (Wildman–Crippen LogP) is 4.83. The second-order valence-corrected chi connectivity index (χ2v) is 9.19. The lowest BCUT2D eigenvalue weighted by atomic mass is 9.72. The third-order valence-electron chi connectivity index (χ3n) is 7.29. The molecule has 1 spiro atoms. The summed E-state index contributed by atoms with van der Waals surface area (Å²) >= 11 is 0. The van der Waals surface area contributed by atoms with Crippen LogP contribution in [-0.4, -0.2) is 18.3 Å². The van der Waals surface area contributed by atoms with Crippen LogP contribution in [0.2, 0.25) is 0 Å². The Bertz CT molecular complexity index is 862. The molecule has 2 aromatic rings. The molecule has 1 aliphatic heterocycles. The molecule has 26 heavy (non-hydrogen) atoms. The van der Waals surface area contributed by atoms with E-state index in [1.807, 2.05) is 0 Å². The van der Waals surface area contributed by atoms with Gasteiger partial charge in [0.1, 0.15) is 0 Å². The first-order valence-corrected chi connectivity index (χ1v) is 9.95. The van der Waals surface area contributed by atoms with Crippen LogP contribution in [0.25, 0.3) is 11.1 Å². The summed E-state index contributed by atoms with van der Waals surface area (Å²) in [6.07, 6.45) is 5.14. The lowest BCUT2D eigenvalue weighted by Gasteiger charge is -2.32. The molecule has 5 rings (SSSR count). The Morgan fingerprint density at radius 1 is 0.769 bits per heavy atom.